The first kappa shape index (κ1) is 15.1. The summed E-state index contributed by atoms with van der Waals surface area (Å²) in [5.74, 6) is 1.56. The summed E-state index contributed by atoms with van der Waals surface area (Å²) in [5, 5.41) is 3.16. The summed E-state index contributed by atoms with van der Waals surface area (Å²) in [4.78, 5) is 0. The zero-order valence-corrected chi connectivity index (χ0v) is 13.0. The fraction of sp³-hybridized carbons (Fsp3) is 0.462. The third-order valence-corrected chi connectivity index (χ3v) is 5.27. The van der Waals surface area contributed by atoms with Crippen molar-refractivity contribution in [2.75, 3.05) is 18.6 Å². The Bertz CT molecular complexity index is 597. The minimum absolute atomic E-state index is 0.0755. The molecule has 0 spiro atoms. The highest BCUT2D eigenvalue weighted by molar-refractivity contribution is 7.91. The molecule has 1 N–H and O–H groups in total. The summed E-state index contributed by atoms with van der Waals surface area (Å²) in [6, 6.07) is 7.00. The normalized spacial score (nSPS) is 24.1. The Hall–Kier alpha value is -1.34. The van der Waals surface area contributed by atoms with Gasteiger partial charge in [0.15, 0.2) is 9.84 Å². The van der Waals surface area contributed by atoms with Crippen LogP contribution < -0.4 is 14.8 Å². The van der Waals surface area contributed by atoms with Crippen LogP contribution in [0.1, 0.15) is 13.3 Å². The molecule has 1 aliphatic rings. The lowest BCUT2D eigenvalue weighted by molar-refractivity contribution is 0.411. The van der Waals surface area contributed by atoms with Crippen LogP contribution in [0.3, 0.4) is 0 Å². The van der Waals surface area contributed by atoms with Gasteiger partial charge in [-0.15, -0.1) is 0 Å². The van der Waals surface area contributed by atoms with Gasteiger partial charge in [-0.05, 0) is 49.8 Å². The molecule has 5 nitrogen and oxygen atoms in total. The van der Waals surface area contributed by atoms with Gasteiger partial charge in [-0.2, -0.15) is 0 Å². The van der Waals surface area contributed by atoms with Crippen molar-refractivity contribution in [3.8, 4) is 11.5 Å². The van der Waals surface area contributed by atoms with Crippen LogP contribution >= 0.6 is 12.2 Å². The monoisotopic (exact) mass is 315 g/mol. The quantitative estimate of drug-likeness (QED) is 0.853. The highest BCUT2D eigenvalue weighted by Gasteiger charge is 2.39. The molecule has 0 saturated carbocycles. The second-order valence-electron chi connectivity index (χ2n) is 5.09. The van der Waals surface area contributed by atoms with Crippen molar-refractivity contribution in [1.82, 2.24) is 5.32 Å². The summed E-state index contributed by atoms with van der Waals surface area (Å²) in [7, 11) is -1.39. The van der Waals surface area contributed by atoms with Crippen LogP contribution in [-0.2, 0) is 9.84 Å². The molecular weight excluding hydrogens is 298 g/mol. The van der Waals surface area contributed by atoms with Crippen LogP contribution in [0.15, 0.2) is 24.3 Å². The number of hydrogen-bond acceptors (Lipinski definition) is 5. The van der Waals surface area contributed by atoms with E-state index >= 15 is 0 Å². The van der Waals surface area contributed by atoms with E-state index in [0.717, 1.165) is 5.75 Å². The Morgan fingerprint density at radius 1 is 1.30 bits per heavy atom. The molecule has 20 heavy (non-hydrogen) atoms. The van der Waals surface area contributed by atoms with Crippen molar-refractivity contribution in [3.63, 3.8) is 0 Å². The van der Waals surface area contributed by atoms with Gasteiger partial charge < -0.3 is 14.8 Å². The smallest absolute Gasteiger partial charge is 0.262 e. The SMILES string of the molecule is COc1ccc(OC(=S)NC2(C)CCS(=O)(=O)C2)cc1. The van der Waals surface area contributed by atoms with Gasteiger partial charge in [0.2, 0.25) is 0 Å². The van der Waals surface area contributed by atoms with Crippen molar-refractivity contribution in [2.24, 2.45) is 0 Å². The van der Waals surface area contributed by atoms with Gasteiger partial charge in [0.05, 0.1) is 24.2 Å². The van der Waals surface area contributed by atoms with Gasteiger partial charge in [0.1, 0.15) is 11.5 Å². The Labute approximate surface area is 124 Å². The second kappa shape index (κ2) is 5.57. The van der Waals surface area contributed by atoms with Crippen molar-refractivity contribution >= 4 is 27.2 Å². The third-order valence-electron chi connectivity index (χ3n) is 3.18. The molecule has 7 heteroatoms. The zero-order chi connectivity index (χ0) is 14.8. The van der Waals surface area contributed by atoms with Gasteiger partial charge in [-0.3, -0.25) is 0 Å². The van der Waals surface area contributed by atoms with E-state index in [2.05, 4.69) is 5.32 Å². The van der Waals surface area contributed by atoms with Crippen LogP contribution in [0.25, 0.3) is 0 Å². The Morgan fingerprint density at radius 3 is 2.40 bits per heavy atom. The van der Waals surface area contributed by atoms with E-state index in [9.17, 15) is 8.42 Å². The van der Waals surface area contributed by atoms with Crippen LogP contribution in [-0.4, -0.2) is 37.7 Å². The Balaban J connectivity index is 1.95. The molecule has 110 valence electrons. The van der Waals surface area contributed by atoms with Crippen molar-refractivity contribution in [2.45, 2.75) is 18.9 Å². The zero-order valence-electron chi connectivity index (χ0n) is 11.4. The number of ether oxygens (including phenoxy) is 2. The van der Waals surface area contributed by atoms with E-state index in [0.29, 0.717) is 12.2 Å². The van der Waals surface area contributed by atoms with Crippen molar-refractivity contribution < 1.29 is 17.9 Å². The highest BCUT2D eigenvalue weighted by atomic mass is 32.2. The van der Waals surface area contributed by atoms with Crippen LogP contribution in [0.5, 0.6) is 11.5 Å². The molecule has 1 unspecified atom stereocenters. The minimum atomic E-state index is -2.98. The van der Waals surface area contributed by atoms with Crippen LogP contribution in [0.4, 0.5) is 0 Å². The first-order valence-corrected chi connectivity index (χ1v) is 8.39. The predicted octanol–water partition coefficient (Wildman–Crippen LogP) is 1.53. The summed E-state index contributed by atoms with van der Waals surface area (Å²) in [5.41, 5.74) is -0.553. The van der Waals surface area contributed by atoms with Crippen LogP contribution in [0, 0.1) is 0 Å². The van der Waals surface area contributed by atoms with Gasteiger partial charge >= 0.3 is 0 Å². The van der Waals surface area contributed by atoms with E-state index in [4.69, 9.17) is 21.7 Å². The molecule has 1 fully saturated rings. The van der Waals surface area contributed by atoms with E-state index < -0.39 is 15.4 Å². The first-order valence-electron chi connectivity index (χ1n) is 6.16. The van der Waals surface area contributed by atoms with Gasteiger partial charge in [-0.1, -0.05) is 0 Å². The van der Waals surface area contributed by atoms with Gasteiger partial charge in [0.25, 0.3) is 5.17 Å². The number of methoxy groups -OCH3 is 1. The molecule has 2 rings (SSSR count). The average molecular weight is 315 g/mol. The number of thiocarbonyl (C=S) groups is 1. The summed E-state index contributed by atoms with van der Waals surface area (Å²) in [6.07, 6.45) is 0.529. The standard InChI is InChI=1S/C13H17NO4S2/c1-13(7-8-20(15,16)9-13)14-12(19)18-11-5-3-10(17-2)4-6-11/h3-6H,7-9H2,1-2H3,(H,14,19). The summed E-state index contributed by atoms with van der Waals surface area (Å²) >= 11 is 5.12. The molecule has 0 aliphatic carbocycles. The predicted molar refractivity (Wildman–Crippen MR) is 81.0 cm³/mol. The Morgan fingerprint density at radius 2 is 1.90 bits per heavy atom. The molecule has 1 atom stereocenters. The molecular formula is C13H17NO4S2. The van der Waals surface area contributed by atoms with E-state index in [1.54, 1.807) is 31.4 Å². The molecule has 0 radical (unpaired) electrons. The van der Waals surface area contributed by atoms with Crippen molar-refractivity contribution in [3.05, 3.63) is 24.3 Å². The fourth-order valence-corrected chi connectivity index (χ4v) is 4.57. The van der Waals surface area contributed by atoms with E-state index in [1.807, 2.05) is 6.92 Å². The molecule has 0 bridgehead atoms. The Kier molecular flexibility index (Phi) is 4.19. The number of rotatable bonds is 3. The lowest BCUT2D eigenvalue weighted by atomic mass is 10.0. The molecule has 1 aromatic rings. The molecule has 0 amide bonds. The third kappa shape index (κ3) is 3.83. The lowest BCUT2D eigenvalue weighted by Gasteiger charge is -2.25. The second-order valence-corrected chi connectivity index (χ2v) is 7.65. The number of benzene rings is 1. The van der Waals surface area contributed by atoms with Gasteiger partial charge in [-0.25, -0.2) is 8.42 Å². The largest absolute Gasteiger partial charge is 0.497 e. The number of sulfone groups is 1. The number of hydrogen-bond donors (Lipinski definition) is 1. The number of nitrogens with one attached hydrogen (secondary N) is 1. The van der Waals surface area contributed by atoms with Crippen LogP contribution in [0.2, 0.25) is 0 Å². The minimum Gasteiger partial charge on any atom is -0.497 e. The van der Waals surface area contributed by atoms with Gasteiger partial charge in [0, 0.05) is 0 Å². The molecule has 1 saturated heterocycles. The summed E-state index contributed by atoms with van der Waals surface area (Å²) < 4.78 is 33.6. The first-order chi connectivity index (χ1) is 9.32. The van der Waals surface area contributed by atoms with E-state index in [-0.39, 0.29) is 16.7 Å². The topological polar surface area (TPSA) is 64.6 Å². The summed E-state index contributed by atoms with van der Waals surface area (Å²) in [6.45, 7) is 1.83. The lowest BCUT2D eigenvalue weighted by Crippen LogP contribution is -2.47. The molecule has 1 aromatic carbocycles. The highest BCUT2D eigenvalue weighted by Crippen LogP contribution is 2.23. The maximum atomic E-state index is 11.5. The molecule has 0 aromatic heterocycles. The van der Waals surface area contributed by atoms with E-state index in [1.165, 1.54) is 0 Å². The maximum Gasteiger partial charge on any atom is 0.262 e. The molecule has 1 aliphatic heterocycles. The maximum absolute atomic E-state index is 11.5. The average Bonchev–Trinajstić information content (AvgIpc) is 2.64. The van der Waals surface area contributed by atoms with Crippen molar-refractivity contribution in [1.29, 1.82) is 0 Å². The molecule has 1 heterocycles. The fourth-order valence-electron chi connectivity index (χ4n) is 2.13.